The lowest BCUT2D eigenvalue weighted by Gasteiger charge is -2.12. The van der Waals surface area contributed by atoms with Crippen LogP contribution in [0.25, 0.3) is 0 Å². The Kier molecular flexibility index (Phi) is 29.5. The third-order valence-electron chi connectivity index (χ3n) is 8.34. The first-order chi connectivity index (χ1) is 24.4. The zero-order chi connectivity index (χ0) is 36.3. The molecule has 0 atom stereocenters. The molecule has 10 heteroatoms. The van der Waals surface area contributed by atoms with Gasteiger partial charge in [0.15, 0.2) is 0 Å². The molecule has 1 N–H and O–H groups in total. The van der Waals surface area contributed by atoms with Gasteiger partial charge in [0.2, 0.25) is 5.91 Å². The number of ether oxygens (including phenoxy) is 2. The van der Waals surface area contributed by atoms with Crippen LogP contribution in [0.4, 0.5) is 0 Å². The van der Waals surface area contributed by atoms with Crippen LogP contribution in [-0.4, -0.2) is 67.5 Å². The number of nitrogens with zero attached hydrogens (tertiary/aromatic N) is 1. The Morgan fingerprint density at radius 1 is 0.600 bits per heavy atom. The number of hydroxylamine groups is 2. The van der Waals surface area contributed by atoms with Crippen molar-refractivity contribution in [2.75, 3.05) is 33.0 Å². The van der Waals surface area contributed by atoms with Crippen molar-refractivity contribution >= 4 is 29.5 Å². The van der Waals surface area contributed by atoms with Gasteiger partial charge in [0.25, 0.3) is 11.8 Å². The number of ketones is 1. The van der Waals surface area contributed by atoms with E-state index in [0.29, 0.717) is 50.9 Å². The molecule has 1 aliphatic heterocycles. The monoisotopic (exact) mass is 700 g/mol. The first-order valence-electron chi connectivity index (χ1n) is 19.4. The zero-order valence-corrected chi connectivity index (χ0v) is 30.9. The van der Waals surface area contributed by atoms with Crippen LogP contribution in [0.5, 0.6) is 0 Å². The van der Waals surface area contributed by atoms with Crippen LogP contribution in [0.3, 0.4) is 0 Å². The Morgan fingerprint density at radius 2 is 1.12 bits per heavy atom. The zero-order valence-electron chi connectivity index (χ0n) is 30.9. The maximum atomic E-state index is 12.0. The van der Waals surface area contributed by atoms with Crippen LogP contribution >= 0.6 is 0 Å². The molecule has 0 bridgehead atoms. The molecule has 0 aromatic heterocycles. The largest absolute Gasteiger partial charge is 0.379 e. The molecule has 0 saturated carbocycles. The molecule has 0 spiro atoms. The number of nitrogens with one attached hydrogen (secondary N) is 1. The molecular weight excluding hydrogens is 636 g/mol. The van der Waals surface area contributed by atoms with Crippen LogP contribution < -0.4 is 5.32 Å². The second-order valence-electron chi connectivity index (χ2n) is 12.9. The summed E-state index contributed by atoms with van der Waals surface area (Å²) in [6.45, 7) is 4.29. The number of carbonyl (C=O) groups is 5. The number of amides is 3. The third kappa shape index (κ3) is 27.6. The smallest absolute Gasteiger partial charge is 0.333 e. The predicted molar refractivity (Wildman–Crippen MR) is 194 cm³/mol. The molecule has 10 nitrogen and oxygen atoms in total. The molecule has 0 aromatic rings. The summed E-state index contributed by atoms with van der Waals surface area (Å²) in [7, 11) is 0. The summed E-state index contributed by atoms with van der Waals surface area (Å²) in [5.74, 6) is 10.4. The SMILES string of the molecule is CCCCCCCCCCCCC#CC#CCCCCCCCCC(=O)NCCOCCOCCCC(=O)CCC(=O)ON1C(=O)CCC1=O. The maximum Gasteiger partial charge on any atom is 0.333 e. The van der Waals surface area contributed by atoms with Crippen molar-refractivity contribution in [3.8, 4) is 23.7 Å². The summed E-state index contributed by atoms with van der Waals surface area (Å²) >= 11 is 0. The first-order valence-corrected chi connectivity index (χ1v) is 19.4. The normalized spacial score (nSPS) is 12.3. The van der Waals surface area contributed by atoms with Gasteiger partial charge in [-0.1, -0.05) is 102 Å². The maximum absolute atomic E-state index is 12.0. The van der Waals surface area contributed by atoms with Gasteiger partial charge in [0, 0.05) is 58.1 Å². The van der Waals surface area contributed by atoms with Crippen molar-refractivity contribution in [3.05, 3.63) is 0 Å². The molecule has 1 saturated heterocycles. The molecule has 1 heterocycles. The van der Waals surface area contributed by atoms with Crippen LogP contribution in [0, 0.1) is 23.7 Å². The van der Waals surface area contributed by atoms with E-state index < -0.39 is 17.8 Å². The molecule has 282 valence electrons. The van der Waals surface area contributed by atoms with Gasteiger partial charge in [0.1, 0.15) is 5.78 Å². The number of hydrogen-bond donors (Lipinski definition) is 1. The summed E-state index contributed by atoms with van der Waals surface area (Å²) in [6, 6.07) is 0. The highest BCUT2D eigenvalue weighted by atomic mass is 16.7. The van der Waals surface area contributed by atoms with E-state index in [1.54, 1.807) is 0 Å². The van der Waals surface area contributed by atoms with Crippen molar-refractivity contribution in [3.63, 3.8) is 0 Å². The fraction of sp³-hybridized carbons (Fsp3) is 0.775. The van der Waals surface area contributed by atoms with E-state index in [9.17, 15) is 24.0 Å². The lowest BCUT2D eigenvalue weighted by Crippen LogP contribution is -2.32. The standard InChI is InChI=1S/C40H64N2O8/c1-2-3-4-5-6-7-8-9-10-11-12-13-14-15-16-17-18-19-20-21-22-23-26-37(44)41-31-33-49-35-34-48-32-24-25-36(43)27-30-40(47)50-42-38(45)28-29-39(42)46/h2-12,17-35H2,1H3,(H,41,44). The molecule has 1 fully saturated rings. The van der Waals surface area contributed by atoms with Crippen molar-refractivity contribution in [1.29, 1.82) is 0 Å². The van der Waals surface area contributed by atoms with Gasteiger partial charge in [-0.25, -0.2) is 4.79 Å². The second-order valence-corrected chi connectivity index (χ2v) is 12.9. The minimum atomic E-state index is -0.777. The molecule has 0 radical (unpaired) electrons. The lowest BCUT2D eigenvalue weighted by atomic mass is 10.1. The topological polar surface area (TPSA) is 128 Å². The van der Waals surface area contributed by atoms with E-state index in [2.05, 4.69) is 35.9 Å². The minimum Gasteiger partial charge on any atom is -0.379 e. The highest BCUT2D eigenvalue weighted by Gasteiger charge is 2.32. The summed E-state index contributed by atoms with van der Waals surface area (Å²) in [4.78, 5) is 63.3. The number of hydrogen-bond acceptors (Lipinski definition) is 8. The quantitative estimate of drug-likeness (QED) is 0.0440. The fourth-order valence-electron chi connectivity index (χ4n) is 5.34. The average Bonchev–Trinajstić information content (AvgIpc) is 3.42. The van der Waals surface area contributed by atoms with E-state index in [0.717, 1.165) is 38.5 Å². The van der Waals surface area contributed by atoms with Gasteiger partial charge in [-0.2, -0.15) is 0 Å². The third-order valence-corrected chi connectivity index (χ3v) is 8.34. The number of carbonyl (C=O) groups excluding carboxylic acids is 5. The van der Waals surface area contributed by atoms with E-state index in [-0.39, 0.29) is 43.8 Å². The molecule has 1 aliphatic rings. The van der Waals surface area contributed by atoms with Crippen molar-refractivity contribution in [2.24, 2.45) is 0 Å². The summed E-state index contributed by atoms with van der Waals surface area (Å²) in [5, 5.41) is 3.36. The van der Waals surface area contributed by atoms with Crippen LogP contribution in [0.2, 0.25) is 0 Å². The van der Waals surface area contributed by atoms with Crippen LogP contribution in [0.15, 0.2) is 0 Å². The van der Waals surface area contributed by atoms with E-state index in [1.165, 1.54) is 77.0 Å². The first kappa shape index (κ1) is 44.8. The number of imide groups is 1. The van der Waals surface area contributed by atoms with E-state index in [1.807, 2.05) is 0 Å². The Morgan fingerprint density at radius 3 is 1.70 bits per heavy atom. The van der Waals surface area contributed by atoms with Gasteiger partial charge in [-0.3, -0.25) is 19.2 Å². The number of Topliss-reactive ketones (excluding diaryl/α,β-unsaturated/α-hetero) is 1. The molecule has 0 aromatic carbocycles. The fourth-order valence-corrected chi connectivity index (χ4v) is 5.34. The Balaban J connectivity index is 1.79. The highest BCUT2D eigenvalue weighted by Crippen LogP contribution is 2.14. The molecule has 0 unspecified atom stereocenters. The minimum absolute atomic E-state index is 0.0177. The summed E-state index contributed by atoms with van der Waals surface area (Å²) in [6.07, 6.45) is 23.0. The van der Waals surface area contributed by atoms with Gasteiger partial charge >= 0.3 is 5.97 Å². The van der Waals surface area contributed by atoms with Gasteiger partial charge in [-0.05, 0) is 37.5 Å². The van der Waals surface area contributed by atoms with Gasteiger partial charge in [-0.15, -0.1) is 5.06 Å². The van der Waals surface area contributed by atoms with Crippen molar-refractivity contribution in [2.45, 2.75) is 167 Å². The Bertz CT molecular complexity index is 1070. The van der Waals surface area contributed by atoms with E-state index in [4.69, 9.17) is 14.3 Å². The molecule has 3 amide bonds. The second kappa shape index (κ2) is 33.0. The molecular formula is C40H64N2O8. The summed E-state index contributed by atoms with van der Waals surface area (Å²) in [5.41, 5.74) is 0. The van der Waals surface area contributed by atoms with Gasteiger partial charge in [0.05, 0.1) is 26.2 Å². The molecule has 50 heavy (non-hydrogen) atoms. The molecule has 0 aliphatic carbocycles. The average molecular weight is 701 g/mol. The Labute approximate surface area is 301 Å². The highest BCUT2D eigenvalue weighted by molar-refractivity contribution is 6.01. The van der Waals surface area contributed by atoms with Gasteiger partial charge < -0.3 is 19.6 Å². The van der Waals surface area contributed by atoms with Crippen molar-refractivity contribution in [1.82, 2.24) is 10.4 Å². The van der Waals surface area contributed by atoms with Crippen LogP contribution in [-0.2, 0) is 38.3 Å². The van der Waals surface area contributed by atoms with Crippen molar-refractivity contribution < 1.29 is 38.3 Å². The van der Waals surface area contributed by atoms with E-state index >= 15 is 0 Å². The lowest BCUT2D eigenvalue weighted by molar-refractivity contribution is -0.197. The number of unbranched alkanes of at least 4 members (excludes halogenated alkanes) is 16. The predicted octanol–water partition coefficient (Wildman–Crippen LogP) is 7.31. The summed E-state index contributed by atoms with van der Waals surface area (Å²) < 4.78 is 10.9. The number of rotatable bonds is 32. The van der Waals surface area contributed by atoms with Crippen LogP contribution in [0.1, 0.15) is 167 Å². The molecule has 1 rings (SSSR count). The Hall–Kier alpha value is -3.21.